The summed E-state index contributed by atoms with van der Waals surface area (Å²) in [5.41, 5.74) is 0.429. The second-order valence-electron chi connectivity index (χ2n) is 5.34. The van der Waals surface area contributed by atoms with Gasteiger partial charge in [0, 0.05) is 19.3 Å². The van der Waals surface area contributed by atoms with Crippen LogP contribution in [0.3, 0.4) is 0 Å². The van der Waals surface area contributed by atoms with E-state index in [1.54, 1.807) is 6.92 Å². The summed E-state index contributed by atoms with van der Waals surface area (Å²) in [6.45, 7) is 1.73. The van der Waals surface area contributed by atoms with Gasteiger partial charge in [-0.25, -0.2) is 13.2 Å². The minimum atomic E-state index is -3.91. The molecule has 2 rings (SSSR count). The van der Waals surface area contributed by atoms with E-state index in [1.807, 2.05) is 0 Å². The number of piperidine rings is 1. The predicted molar refractivity (Wildman–Crippen MR) is 79.4 cm³/mol. The molecule has 0 aliphatic carbocycles. The highest BCUT2D eigenvalue weighted by Crippen LogP contribution is 2.24. The van der Waals surface area contributed by atoms with Gasteiger partial charge in [0.15, 0.2) is 0 Å². The highest BCUT2D eigenvalue weighted by Gasteiger charge is 2.34. The third kappa shape index (κ3) is 3.50. The van der Waals surface area contributed by atoms with E-state index < -0.39 is 27.9 Å². The van der Waals surface area contributed by atoms with E-state index in [0.717, 1.165) is 4.31 Å². The van der Waals surface area contributed by atoms with Crippen molar-refractivity contribution in [1.82, 2.24) is 9.29 Å². The fourth-order valence-electron chi connectivity index (χ4n) is 2.48. The molecular formula is C14H18N2O6S. The number of rotatable bonds is 4. The number of ether oxygens (including phenoxy) is 1. The number of aryl methyl sites for hydroxylation is 1. The summed E-state index contributed by atoms with van der Waals surface area (Å²) in [5, 5.41) is 9.08. The van der Waals surface area contributed by atoms with E-state index in [2.05, 4.69) is 9.72 Å². The van der Waals surface area contributed by atoms with E-state index in [9.17, 15) is 18.0 Å². The number of methoxy groups -OCH3 is 1. The lowest BCUT2D eigenvalue weighted by atomic mass is 10.0. The lowest BCUT2D eigenvalue weighted by Gasteiger charge is -2.29. The van der Waals surface area contributed by atoms with Crippen LogP contribution in [0.15, 0.2) is 17.2 Å². The molecule has 8 nitrogen and oxygen atoms in total. The number of hydrogen-bond acceptors (Lipinski definition) is 6. The Morgan fingerprint density at radius 1 is 1.43 bits per heavy atom. The summed E-state index contributed by atoms with van der Waals surface area (Å²) in [6.07, 6.45) is 2.09. The molecule has 0 bridgehead atoms. The molecule has 1 unspecified atom stereocenters. The Morgan fingerprint density at radius 2 is 2.13 bits per heavy atom. The molecule has 1 aliphatic rings. The summed E-state index contributed by atoms with van der Waals surface area (Å²) in [4.78, 5) is 26.6. The number of pyridine rings is 1. The Bertz CT molecular complexity index is 731. The summed E-state index contributed by atoms with van der Waals surface area (Å²) in [5.74, 6) is -2.41. The van der Waals surface area contributed by atoms with Crippen LogP contribution < -0.4 is 0 Å². The van der Waals surface area contributed by atoms with Gasteiger partial charge in [-0.3, -0.25) is 9.78 Å². The van der Waals surface area contributed by atoms with E-state index in [0.29, 0.717) is 18.5 Å². The van der Waals surface area contributed by atoms with Crippen molar-refractivity contribution in [1.29, 1.82) is 0 Å². The number of hydrogen-bond donors (Lipinski definition) is 1. The molecule has 1 aromatic heterocycles. The van der Waals surface area contributed by atoms with Crippen LogP contribution in [0.5, 0.6) is 0 Å². The van der Waals surface area contributed by atoms with Crippen LogP contribution in [0.2, 0.25) is 0 Å². The standard InChI is InChI=1S/C14H18N2O6S/c1-9-12(14(19)22-2)6-11(7-15-9)23(20,21)16-5-3-4-10(8-16)13(17)18/h6-7,10H,3-5,8H2,1-2H3,(H,17,18). The van der Waals surface area contributed by atoms with Crippen LogP contribution in [0.4, 0.5) is 0 Å². The molecular weight excluding hydrogens is 324 g/mol. The van der Waals surface area contributed by atoms with Crippen LogP contribution in [-0.2, 0) is 19.6 Å². The molecule has 0 spiro atoms. The number of sulfonamides is 1. The first-order valence-corrected chi connectivity index (χ1v) is 8.49. The Balaban J connectivity index is 2.36. The zero-order valence-corrected chi connectivity index (χ0v) is 13.7. The zero-order valence-electron chi connectivity index (χ0n) is 12.9. The van der Waals surface area contributed by atoms with Gasteiger partial charge in [0.1, 0.15) is 4.90 Å². The van der Waals surface area contributed by atoms with Crippen molar-refractivity contribution in [3.8, 4) is 0 Å². The maximum absolute atomic E-state index is 12.7. The minimum absolute atomic E-state index is 0.0698. The van der Waals surface area contributed by atoms with Gasteiger partial charge in [-0.15, -0.1) is 0 Å². The maximum Gasteiger partial charge on any atom is 0.339 e. The van der Waals surface area contributed by atoms with E-state index >= 15 is 0 Å². The SMILES string of the molecule is COC(=O)c1cc(S(=O)(=O)N2CCCC(C(=O)O)C2)cnc1C. The van der Waals surface area contributed by atoms with Gasteiger partial charge >= 0.3 is 11.9 Å². The molecule has 0 radical (unpaired) electrons. The van der Waals surface area contributed by atoms with Gasteiger partial charge in [-0.2, -0.15) is 4.31 Å². The average Bonchev–Trinajstić information content (AvgIpc) is 2.54. The van der Waals surface area contributed by atoms with Crippen LogP contribution >= 0.6 is 0 Å². The smallest absolute Gasteiger partial charge is 0.339 e. The Morgan fingerprint density at radius 3 is 2.74 bits per heavy atom. The molecule has 126 valence electrons. The second-order valence-corrected chi connectivity index (χ2v) is 7.27. The molecule has 9 heteroatoms. The monoisotopic (exact) mass is 342 g/mol. The highest BCUT2D eigenvalue weighted by atomic mass is 32.2. The number of aliphatic carboxylic acids is 1. The molecule has 2 heterocycles. The zero-order chi connectivity index (χ0) is 17.2. The van der Waals surface area contributed by atoms with Crippen molar-refractivity contribution < 1.29 is 27.9 Å². The number of carboxylic acid groups (broad SMARTS) is 1. The fraction of sp³-hybridized carbons (Fsp3) is 0.500. The molecule has 1 fully saturated rings. The third-order valence-corrected chi connectivity index (χ3v) is 5.67. The average molecular weight is 342 g/mol. The van der Waals surface area contributed by atoms with Gasteiger partial charge in [0.25, 0.3) is 0 Å². The fourth-order valence-corrected chi connectivity index (χ4v) is 3.98. The molecule has 1 atom stereocenters. The van der Waals surface area contributed by atoms with Crippen molar-refractivity contribution in [2.75, 3.05) is 20.2 Å². The van der Waals surface area contributed by atoms with E-state index in [1.165, 1.54) is 19.4 Å². The van der Waals surface area contributed by atoms with Crippen molar-refractivity contribution in [2.24, 2.45) is 5.92 Å². The Hall–Kier alpha value is -2.00. The molecule has 1 saturated heterocycles. The molecule has 0 amide bonds. The summed E-state index contributed by atoms with van der Waals surface area (Å²) < 4.78 is 31.1. The number of esters is 1. The summed E-state index contributed by atoms with van der Waals surface area (Å²) in [6, 6.07) is 1.22. The van der Waals surface area contributed by atoms with Crippen LogP contribution in [0, 0.1) is 12.8 Å². The lowest BCUT2D eigenvalue weighted by Crippen LogP contribution is -2.42. The first-order chi connectivity index (χ1) is 10.8. The minimum Gasteiger partial charge on any atom is -0.481 e. The molecule has 1 aliphatic heterocycles. The second kappa shape index (κ2) is 6.63. The number of aromatic nitrogens is 1. The normalized spacial score (nSPS) is 19.3. The van der Waals surface area contributed by atoms with Gasteiger partial charge in [0.05, 0.1) is 24.3 Å². The van der Waals surface area contributed by atoms with Crippen LogP contribution in [-0.4, -0.2) is 55.0 Å². The van der Waals surface area contributed by atoms with Gasteiger partial charge in [0.2, 0.25) is 10.0 Å². The van der Waals surface area contributed by atoms with Gasteiger partial charge in [-0.1, -0.05) is 0 Å². The highest BCUT2D eigenvalue weighted by molar-refractivity contribution is 7.89. The van der Waals surface area contributed by atoms with Crippen molar-refractivity contribution >= 4 is 22.0 Å². The lowest BCUT2D eigenvalue weighted by molar-refractivity contribution is -0.142. The number of nitrogens with zero attached hydrogens (tertiary/aromatic N) is 2. The van der Waals surface area contributed by atoms with Crippen molar-refractivity contribution in [2.45, 2.75) is 24.7 Å². The topological polar surface area (TPSA) is 114 Å². The Labute approximate surface area is 134 Å². The molecule has 1 aromatic rings. The first-order valence-electron chi connectivity index (χ1n) is 7.05. The molecule has 0 aromatic carbocycles. The molecule has 1 N–H and O–H groups in total. The summed E-state index contributed by atoms with van der Waals surface area (Å²) in [7, 11) is -2.71. The van der Waals surface area contributed by atoms with Gasteiger partial charge in [-0.05, 0) is 25.8 Å². The number of carboxylic acids is 1. The van der Waals surface area contributed by atoms with Crippen molar-refractivity contribution in [3.63, 3.8) is 0 Å². The predicted octanol–water partition coefficient (Wildman–Crippen LogP) is 0.662. The summed E-state index contributed by atoms with van der Waals surface area (Å²) >= 11 is 0. The third-order valence-electron chi connectivity index (χ3n) is 3.84. The van der Waals surface area contributed by atoms with Crippen LogP contribution in [0.25, 0.3) is 0 Å². The number of carbonyl (C=O) groups is 2. The van der Waals surface area contributed by atoms with Crippen molar-refractivity contribution in [3.05, 3.63) is 23.5 Å². The number of carbonyl (C=O) groups excluding carboxylic acids is 1. The quantitative estimate of drug-likeness (QED) is 0.800. The van der Waals surface area contributed by atoms with E-state index in [-0.39, 0.29) is 23.5 Å². The molecule has 23 heavy (non-hydrogen) atoms. The molecule has 0 saturated carbocycles. The maximum atomic E-state index is 12.7. The van der Waals surface area contributed by atoms with E-state index in [4.69, 9.17) is 5.11 Å². The van der Waals surface area contributed by atoms with Crippen LogP contribution in [0.1, 0.15) is 28.9 Å². The largest absolute Gasteiger partial charge is 0.481 e. The van der Waals surface area contributed by atoms with Gasteiger partial charge < -0.3 is 9.84 Å². The Kier molecular flexibility index (Phi) is 5.00. The first kappa shape index (κ1) is 17.4.